The first-order valence-electron chi connectivity index (χ1n) is 11.1. The van der Waals surface area contributed by atoms with Gasteiger partial charge in [-0.3, -0.25) is 14.2 Å². The van der Waals surface area contributed by atoms with E-state index in [0.29, 0.717) is 22.6 Å². The van der Waals surface area contributed by atoms with Crippen LogP contribution in [0.1, 0.15) is 23.6 Å². The molecular weight excluding hydrogens is 430 g/mol. The van der Waals surface area contributed by atoms with Gasteiger partial charge in [0, 0.05) is 11.7 Å². The van der Waals surface area contributed by atoms with E-state index in [1.807, 2.05) is 72.5 Å². The molecule has 1 atom stereocenters. The molecule has 5 rings (SSSR count). The van der Waals surface area contributed by atoms with Crippen molar-refractivity contribution in [1.82, 2.24) is 9.55 Å². The summed E-state index contributed by atoms with van der Waals surface area (Å²) in [5.41, 5.74) is 4.94. The Hall–Kier alpha value is -3.38. The van der Waals surface area contributed by atoms with Gasteiger partial charge in [0.1, 0.15) is 0 Å². The van der Waals surface area contributed by atoms with Crippen molar-refractivity contribution < 1.29 is 4.79 Å². The molecule has 1 aliphatic rings. The molecule has 6 heteroatoms. The number of amides is 1. The standard InChI is InChI=1S/C27H25N3O2S/c1-18-11-13-20(14-12-18)16-29-26(32)22-8-4-5-9-23(22)28-27(29)33-17-25(31)30-19(2)15-21-7-3-6-10-24(21)30/h3-14,19H,15-17H2,1-2H3. The quantitative estimate of drug-likeness (QED) is 0.320. The molecule has 3 aromatic carbocycles. The van der Waals surface area contributed by atoms with Crippen LogP contribution in [0.5, 0.6) is 0 Å². The first-order chi connectivity index (χ1) is 16.0. The van der Waals surface area contributed by atoms with Crippen LogP contribution in [0.3, 0.4) is 0 Å². The van der Waals surface area contributed by atoms with E-state index in [1.54, 1.807) is 10.6 Å². The number of rotatable bonds is 5. The lowest BCUT2D eigenvalue weighted by Gasteiger charge is -2.23. The summed E-state index contributed by atoms with van der Waals surface area (Å²) >= 11 is 1.33. The van der Waals surface area contributed by atoms with Gasteiger partial charge < -0.3 is 4.90 Å². The number of benzene rings is 3. The molecule has 1 unspecified atom stereocenters. The van der Waals surface area contributed by atoms with Gasteiger partial charge >= 0.3 is 0 Å². The van der Waals surface area contributed by atoms with E-state index in [1.165, 1.54) is 22.9 Å². The average molecular weight is 456 g/mol. The van der Waals surface area contributed by atoms with Gasteiger partial charge in [-0.25, -0.2) is 4.98 Å². The lowest BCUT2D eigenvalue weighted by molar-refractivity contribution is -0.116. The number of para-hydroxylation sites is 2. The Bertz CT molecular complexity index is 1390. The van der Waals surface area contributed by atoms with Crippen LogP contribution in [0, 0.1) is 6.92 Å². The number of carbonyl (C=O) groups is 1. The highest BCUT2D eigenvalue weighted by Gasteiger charge is 2.30. The Balaban J connectivity index is 1.46. The molecule has 166 valence electrons. The zero-order valence-electron chi connectivity index (χ0n) is 18.7. The molecule has 0 fully saturated rings. The van der Waals surface area contributed by atoms with E-state index >= 15 is 0 Å². The van der Waals surface area contributed by atoms with Crippen LogP contribution >= 0.6 is 11.8 Å². The molecular formula is C27H25N3O2S. The maximum Gasteiger partial charge on any atom is 0.262 e. The fourth-order valence-corrected chi connectivity index (χ4v) is 5.27. The van der Waals surface area contributed by atoms with Crippen LogP contribution in [0.15, 0.2) is 82.7 Å². The van der Waals surface area contributed by atoms with Crippen LogP contribution in [-0.2, 0) is 17.8 Å². The first-order valence-corrected chi connectivity index (χ1v) is 12.1. The van der Waals surface area contributed by atoms with Gasteiger partial charge in [-0.2, -0.15) is 0 Å². The topological polar surface area (TPSA) is 55.2 Å². The Morgan fingerprint density at radius 1 is 1.03 bits per heavy atom. The molecule has 33 heavy (non-hydrogen) atoms. The summed E-state index contributed by atoms with van der Waals surface area (Å²) in [6, 6.07) is 23.7. The normalized spacial score (nSPS) is 15.1. The highest BCUT2D eigenvalue weighted by molar-refractivity contribution is 7.99. The molecule has 0 saturated heterocycles. The molecule has 0 saturated carbocycles. The molecule has 5 nitrogen and oxygen atoms in total. The number of hydrogen-bond acceptors (Lipinski definition) is 4. The van der Waals surface area contributed by atoms with Crippen molar-refractivity contribution in [2.45, 2.75) is 38.0 Å². The minimum atomic E-state index is -0.0870. The van der Waals surface area contributed by atoms with E-state index in [-0.39, 0.29) is 23.3 Å². The third-order valence-electron chi connectivity index (χ3n) is 6.09. The molecule has 2 heterocycles. The Kier molecular flexibility index (Phi) is 5.77. The number of aryl methyl sites for hydroxylation is 1. The molecule has 0 aliphatic carbocycles. The van der Waals surface area contributed by atoms with Crippen LogP contribution in [0.4, 0.5) is 5.69 Å². The summed E-state index contributed by atoms with van der Waals surface area (Å²) in [6.45, 7) is 4.53. The van der Waals surface area contributed by atoms with E-state index in [9.17, 15) is 9.59 Å². The van der Waals surface area contributed by atoms with Crippen molar-refractivity contribution in [3.8, 4) is 0 Å². The summed E-state index contributed by atoms with van der Waals surface area (Å²) < 4.78 is 1.69. The largest absolute Gasteiger partial charge is 0.308 e. The SMILES string of the molecule is Cc1ccc(Cn2c(SCC(=O)N3c4ccccc4CC3C)nc3ccccc3c2=O)cc1. The van der Waals surface area contributed by atoms with Crippen molar-refractivity contribution in [2.24, 2.45) is 0 Å². The third-order valence-corrected chi connectivity index (χ3v) is 7.05. The average Bonchev–Trinajstić information content (AvgIpc) is 3.16. The molecule has 0 bridgehead atoms. The van der Waals surface area contributed by atoms with Gasteiger partial charge in [-0.15, -0.1) is 0 Å². The van der Waals surface area contributed by atoms with Crippen molar-refractivity contribution in [2.75, 3.05) is 10.7 Å². The second-order valence-electron chi connectivity index (χ2n) is 8.52. The highest BCUT2D eigenvalue weighted by Crippen LogP contribution is 2.32. The number of carbonyl (C=O) groups excluding carboxylic acids is 1. The fourth-order valence-electron chi connectivity index (χ4n) is 4.41. The lowest BCUT2D eigenvalue weighted by atomic mass is 10.1. The zero-order chi connectivity index (χ0) is 22.9. The first kappa shape index (κ1) is 21.5. The maximum atomic E-state index is 13.4. The second kappa shape index (κ2) is 8.87. The maximum absolute atomic E-state index is 13.4. The van der Waals surface area contributed by atoms with E-state index < -0.39 is 0 Å². The van der Waals surface area contributed by atoms with Gasteiger partial charge in [0.25, 0.3) is 5.56 Å². The summed E-state index contributed by atoms with van der Waals surface area (Å²) in [4.78, 5) is 33.2. The Morgan fingerprint density at radius 2 is 1.76 bits per heavy atom. The number of thioether (sulfide) groups is 1. The van der Waals surface area contributed by atoms with Crippen molar-refractivity contribution in [3.05, 3.63) is 99.8 Å². The number of fused-ring (bicyclic) bond motifs is 2. The third kappa shape index (κ3) is 4.18. The summed E-state index contributed by atoms with van der Waals surface area (Å²) in [7, 11) is 0. The van der Waals surface area contributed by atoms with E-state index in [2.05, 4.69) is 13.0 Å². The molecule has 0 radical (unpaired) electrons. The molecule has 0 spiro atoms. The van der Waals surface area contributed by atoms with Crippen molar-refractivity contribution >= 4 is 34.3 Å². The van der Waals surface area contributed by atoms with Gasteiger partial charge in [-0.05, 0) is 49.6 Å². The zero-order valence-corrected chi connectivity index (χ0v) is 19.5. The van der Waals surface area contributed by atoms with Gasteiger partial charge in [-0.1, -0.05) is 71.9 Å². The Morgan fingerprint density at radius 3 is 2.58 bits per heavy atom. The van der Waals surface area contributed by atoms with Crippen molar-refractivity contribution in [3.63, 3.8) is 0 Å². The lowest BCUT2D eigenvalue weighted by Crippen LogP contribution is -2.37. The smallest absolute Gasteiger partial charge is 0.262 e. The molecule has 1 amide bonds. The predicted molar refractivity (Wildman–Crippen MR) is 134 cm³/mol. The molecule has 4 aromatic rings. The summed E-state index contributed by atoms with van der Waals surface area (Å²) in [6.07, 6.45) is 0.860. The number of hydrogen-bond donors (Lipinski definition) is 0. The Labute approximate surface area is 197 Å². The summed E-state index contributed by atoms with van der Waals surface area (Å²) in [5, 5.41) is 1.15. The van der Waals surface area contributed by atoms with Crippen LogP contribution in [0.2, 0.25) is 0 Å². The fraction of sp³-hybridized carbons (Fsp3) is 0.222. The second-order valence-corrected chi connectivity index (χ2v) is 9.47. The van der Waals surface area contributed by atoms with E-state index in [4.69, 9.17) is 4.98 Å². The van der Waals surface area contributed by atoms with Crippen LogP contribution in [0.25, 0.3) is 10.9 Å². The van der Waals surface area contributed by atoms with E-state index in [0.717, 1.165) is 17.7 Å². The van der Waals surface area contributed by atoms with Crippen molar-refractivity contribution in [1.29, 1.82) is 0 Å². The minimum Gasteiger partial charge on any atom is -0.308 e. The number of aromatic nitrogens is 2. The van der Waals surface area contributed by atoms with Gasteiger partial charge in [0.2, 0.25) is 5.91 Å². The monoisotopic (exact) mass is 455 g/mol. The van der Waals surface area contributed by atoms with Crippen LogP contribution < -0.4 is 10.5 Å². The highest BCUT2D eigenvalue weighted by atomic mass is 32.2. The van der Waals surface area contributed by atoms with Crippen LogP contribution in [-0.4, -0.2) is 27.3 Å². The number of anilines is 1. The molecule has 0 N–H and O–H groups in total. The predicted octanol–water partition coefficient (Wildman–Crippen LogP) is 4.82. The van der Waals surface area contributed by atoms with Gasteiger partial charge in [0.15, 0.2) is 5.16 Å². The number of nitrogens with zero attached hydrogens (tertiary/aromatic N) is 3. The summed E-state index contributed by atoms with van der Waals surface area (Å²) in [5.74, 6) is 0.249. The minimum absolute atomic E-state index is 0.0294. The molecule has 1 aliphatic heterocycles. The van der Waals surface area contributed by atoms with Gasteiger partial charge in [0.05, 0.1) is 23.2 Å². The molecule has 1 aromatic heterocycles.